The van der Waals surface area contributed by atoms with Gasteiger partial charge in [-0.05, 0) is 39.1 Å². The second-order valence-electron chi connectivity index (χ2n) is 5.26. The normalized spacial score (nSPS) is 14.7. The van der Waals surface area contributed by atoms with E-state index in [0.717, 1.165) is 31.0 Å². The van der Waals surface area contributed by atoms with E-state index in [1.807, 2.05) is 25.2 Å². The molecule has 2 rings (SSSR count). The van der Waals surface area contributed by atoms with Crippen LogP contribution < -0.4 is 15.5 Å². The molecule has 4 nitrogen and oxygen atoms in total. The minimum absolute atomic E-state index is 0.0275. The Hall–Kier alpha value is -1.73. The van der Waals surface area contributed by atoms with Gasteiger partial charge in [0.2, 0.25) is 0 Å². The minimum Gasteiger partial charge on any atom is -0.382 e. The first-order valence-corrected chi connectivity index (χ1v) is 6.29. The van der Waals surface area contributed by atoms with Crippen LogP contribution in [0.15, 0.2) is 18.2 Å². The Morgan fingerprint density at radius 2 is 2.28 bits per heavy atom. The third kappa shape index (κ3) is 2.27. The smallest absolute Gasteiger partial charge is 0.0992 e. The van der Waals surface area contributed by atoms with Crippen LogP contribution in [0.3, 0.4) is 0 Å². The van der Waals surface area contributed by atoms with Gasteiger partial charge in [-0.3, -0.25) is 0 Å². The molecular weight excluding hydrogens is 224 g/mol. The van der Waals surface area contributed by atoms with E-state index in [2.05, 4.69) is 35.5 Å². The lowest BCUT2D eigenvalue weighted by Crippen LogP contribution is -2.53. The van der Waals surface area contributed by atoms with Crippen molar-refractivity contribution in [2.24, 2.45) is 0 Å². The van der Waals surface area contributed by atoms with Gasteiger partial charge in [-0.2, -0.15) is 5.26 Å². The number of nitriles is 1. The summed E-state index contributed by atoms with van der Waals surface area (Å²) in [7, 11) is 1.97. The zero-order valence-corrected chi connectivity index (χ0v) is 11.2. The van der Waals surface area contributed by atoms with E-state index in [1.54, 1.807) is 0 Å². The lowest BCUT2D eigenvalue weighted by molar-refractivity contribution is 0.440. The van der Waals surface area contributed by atoms with Crippen molar-refractivity contribution in [3.8, 4) is 6.07 Å². The minimum atomic E-state index is 0.0275. The Bertz CT molecular complexity index is 473. The lowest BCUT2D eigenvalue weighted by Gasteiger charge is -2.44. The lowest BCUT2D eigenvalue weighted by atomic mass is 9.99. The van der Waals surface area contributed by atoms with Crippen LogP contribution in [0.1, 0.15) is 19.4 Å². The molecular formula is C14H20N4. The number of benzene rings is 1. The molecule has 0 unspecified atom stereocenters. The van der Waals surface area contributed by atoms with Gasteiger partial charge < -0.3 is 15.5 Å². The molecule has 0 aliphatic carbocycles. The predicted octanol–water partition coefficient (Wildman–Crippen LogP) is 1.79. The van der Waals surface area contributed by atoms with Gasteiger partial charge in [-0.25, -0.2) is 0 Å². The Kier molecular flexibility index (Phi) is 3.44. The molecule has 0 radical (unpaired) electrons. The van der Waals surface area contributed by atoms with E-state index in [-0.39, 0.29) is 5.54 Å². The first-order chi connectivity index (χ1) is 8.58. The van der Waals surface area contributed by atoms with Crippen molar-refractivity contribution < 1.29 is 0 Å². The van der Waals surface area contributed by atoms with Crippen molar-refractivity contribution in [2.45, 2.75) is 19.4 Å². The van der Waals surface area contributed by atoms with Crippen molar-refractivity contribution in [2.75, 3.05) is 36.9 Å². The molecule has 4 heteroatoms. The van der Waals surface area contributed by atoms with Gasteiger partial charge >= 0.3 is 0 Å². The summed E-state index contributed by atoms with van der Waals surface area (Å²) in [6.07, 6.45) is 0. The van der Waals surface area contributed by atoms with Crippen LogP contribution in [0.5, 0.6) is 0 Å². The molecule has 0 bridgehead atoms. The largest absolute Gasteiger partial charge is 0.382 e. The third-order valence-electron chi connectivity index (χ3n) is 3.41. The highest BCUT2D eigenvalue weighted by Gasteiger charge is 2.30. The van der Waals surface area contributed by atoms with Crippen LogP contribution in [-0.2, 0) is 0 Å². The average Bonchev–Trinajstić information content (AvgIpc) is 2.37. The highest BCUT2D eigenvalue weighted by molar-refractivity contribution is 5.74. The van der Waals surface area contributed by atoms with Crippen molar-refractivity contribution in [1.82, 2.24) is 5.32 Å². The number of anilines is 2. The molecule has 1 aliphatic rings. The monoisotopic (exact) mass is 244 g/mol. The molecule has 0 atom stereocenters. The number of hydrogen-bond donors (Lipinski definition) is 2. The van der Waals surface area contributed by atoms with Gasteiger partial charge in [-0.1, -0.05) is 0 Å². The molecule has 18 heavy (non-hydrogen) atoms. The highest BCUT2D eigenvalue weighted by atomic mass is 15.3. The molecule has 1 aromatic carbocycles. The van der Waals surface area contributed by atoms with Gasteiger partial charge in [0, 0.05) is 25.2 Å². The van der Waals surface area contributed by atoms with Crippen LogP contribution in [-0.4, -0.2) is 32.2 Å². The maximum atomic E-state index is 9.03. The van der Waals surface area contributed by atoms with Crippen LogP contribution >= 0.6 is 0 Å². The van der Waals surface area contributed by atoms with Crippen molar-refractivity contribution in [3.63, 3.8) is 0 Å². The molecule has 0 spiro atoms. The summed E-state index contributed by atoms with van der Waals surface area (Å²) < 4.78 is 0. The molecule has 0 aromatic heterocycles. The van der Waals surface area contributed by atoms with Crippen molar-refractivity contribution in [1.29, 1.82) is 5.26 Å². The van der Waals surface area contributed by atoms with Gasteiger partial charge in [0.15, 0.2) is 0 Å². The van der Waals surface area contributed by atoms with Gasteiger partial charge in [-0.15, -0.1) is 0 Å². The fourth-order valence-corrected chi connectivity index (χ4v) is 2.55. The summed E-state index contributed by atoms with van der Waals surface area (Å²) in [5, 5.41) is 15.7. The summed E-state index contributed by atoms with van der Waals surface area (Å²) >= 11 is 0. The quantitative estimate of drug-likeness (QED) is 0.851. The Balaban J connectivity index is 2.40. The Morgan fingerprint density at radius 1 is 1.50 bits per heavy atom. The molecule has 2 N–H and O–H groups in total. The molecule has 1 aromatic rings. The van der Waals surface area contributed by atoms with E-state index in [0.29, 0.717) is 5.56 Å². The zero-order valence-electron chi connectivity index (χ0n) is 11.2. The van der Waals surface area contributed by atoms with Crippen LogP contribution in [0.4, 0.5) is 11.4 Å². The Labute approximate surface area is 109 Å². The van der Waals surface area contributed by atoms with Crippen molar-refractivity contribution in [3.05, 3.63) is 23.8 Å². The van der Waals surface area contributed by atoms with E-state index in [1.165, 1.54) is 0 Å². The van der Waals surface area contributed by atoms with Crippen molar-refractivity contribution >= 4 is 11.4 Å². The maximum absolute atomic E-state index is 9.03. The fourth-order valence-electron chi connectivity index (χ4n) is 2.55. The summed E-state index contributed by atoms with van der Waals surface area (Å²) in [5.41, 5.74) is 2.98. The first-order valence-electron chi connectivity index (χ1n) is 6.29. The summed E-state index contributed by atoms with van der Waals surface area (Å²) in [6.45, 7) is 7.24. The summed E-state index contributed by atoms with van der Waals surface area (Å²) in [6, 6.07) is 8.04. The van der Waals surface area contributed by atoms with E-state index < -0.39 is 0 Å². The SMILES string of the molecule is CNCC(C)(C)N1CCNc2ccc(C#N)cc21. The van der Waals surface area contributed by atoms with Crippen LogP contribution in [0.2, 0.25) is 0 Å². The maximum Gasteiger partial charge on any atom is 0.0992 e. The van der Waals surface area contributed by atoms with Gasteiger partial charge in [0.25, 0.3) is 0 Å². The van der Waals surface area contributed by atoms with Gasteiger partial charge in [0.05, 0.1) is 23.0 Å². The molecule has 1 aliphatic heterocycles. The van der Waals surface area contributed by atoms with Gasteiger partial charge in [0.1, 0.15) is 0 Å². The summed E-state index contributed by atoms with van der Waals surface area (Å²) in [5.74, 6) is 0. The van der Waals surface area contributed by atoms with Crippen LogP contribution in [0, 0.1) is 11.3 Å². The predicted molar refractivity (Wildman–Crippen MR) is 75.0 cm³/mol. The number of likely N-dealkylation sites (N-methyl/N-ethyl adjacent to an activating group) is 1. The molecule has 0 saturated heterocycles. The second kappa shape index (κ2) is 4.87. The molecule has 96 valence electrons. The average molecular weight is 244 g/mol. The number of hydrogen-bond acceptors (Lipinski definition) is 4. The van der Waals surface area contributed by atoms with E-state index in [4.69, 9.17) is 5.26 Å². The van der Waals surface area contributed by atoms with E-state index in [9.17, 15) is 0 Å². The fraction of sp³-hybridized carbons (Fsp3) is 0.500. The number of nitrogens with one attached hydrogen (secondary N) is 2. The number of fused-ring (bicyclic) bond motifs is 1. The number of rotatable bonds is 3. The molecule has 1 heterocycles. The zero-order chi connectivity index (χ0) is 13.2. The standard InChI is InChI=1S/C14H20N4/c1-14(2,10-16-3)18-7-6-17-12-5-4-11(9-15)8-13(12)18/h4-5,8,16-17H,6-7,10H2,1-3H3. The molecule has 0 saturated carbocycles. The number of nitrogens with zero attached hydrogens (tertiary/aromatic N) is 2. The van der Waals surface area contributed by atoms with E-state index >= 15 is 0 Å². The highest BCUT2D eigenvalue weighted by Crippen LogP contribution is 2.34. The second-order valence-corrected chi connectivity index (χ2v) is 5.26. The first kappa shape index (κ1) is 12.7. The topological polar surface area (TPSA) is 51.1 Å². The Morgan fingerprint density at radius 3 is 2.94 bits per heavy atom. The summed E-state index contributed by atoms with van der Waals surface area (Å²) in [4.78, 5) is 2.37. The third-order valence-corrected chi connectivity index (χ3v) is 3.41. The molecule has 0 amide bonds. The van der Waals surface area contributed by atoms with Crippen LogP contribution in [0.25, 0.3) is 0 Å². The molecule has 0 fully saturated rings.